The first-order valence-corrected chi connectivity index (χ1v) is 17.6. The Morgan fingerprint density at radius 1 is 0.423 bits per heavy atom. The Labute approximate surface area is 302 Å². The monoisotopic (exact) mass is 674 g/mol. The Kier molecular flexibility index (Phi) is 6.28. The molecule has 0 amide bonds. The topological polar surface area (TPSA) is 43.4 Å². The number of hydrogen-bond donors (Lipinski definition) is 0. The zero-order valence-corrected chi connectivity index (χ0v) is 28.4. The van der Waals surface area contributed by atoms with E-state index in [9.17, 15) is 0 Å². The van der Waals surface area contributed by atoms with Crippen LogP contribution in [0, 0.1) is 6.92 Å². The molecule has 0 aromatic heterocycles. The van der Waals surface area contributed by atoms with Gasteiger partial charge in [0.2, 0.25) is 13.6 Å². The van der Waals surface area contributed by atoms with Gasteiger partial charge in [0.1, 0.15) is 0 Å². The molecular weight excluding hydrogens is 643 g/mol. The van der Waals surface area contributed by atoms with Gasteiger partial charge in [0.15, 0.2) is 23.0 Å². The van der Waals surface area contributed by atoms with Crippen molar-refractivity contribution in [2.45, 2.75) is 6.92 Å². The van der Waals surface area contributed by atoms with Crippen LogP contribution < -0.4 is 45.1 Å². The molecular formula is C45H31BN2O4. The van der Waals surface area contributed by atoms with Crippen LogP contribution in [-0.2, 0) is 0 Å². The van der Waals surface area contributed by atoms with Crippen LogP contribution in [0.3, 0.4) is 0 Å². The first kappa shape index (κ1) is 29.2. The molecule has 4 aliphatic heterocycles. The number of anilines is 6. The number of fused-ring (bicyclic) bond motifs is 6. The third kappa shape index (κ3) is 4.39. The molecule has 248 valence electrons. The summed E-state index contributed by atoms with van der Waals surface area (Å²) >= 11 is 0. The van der Waals surface area contributed by atoms with Gasteiger partial charge in [0, 0.05) is 34.9 Å². The van der Waals surface area contributed by atoms with Crippen LogP contribution in [0.4, 0.5) is 34.1 Å². The minimum Gasteiger partial charge on any atom is -0.454 e. The van der Waals surface area contributed by atoms with Gasteiger partial charge in [-0.3, -0.25) is 0 Å². The molecule has 7 aromatic carbocycles. The highest BCUT2D eigenvalue weighted by Crippen LogP contribution is 2.48. The molecule has 0 atom stereocenters. The molecule has 0 radical (unpaired) electrons. The fourth-order valence-electron chi connectivity index (χ4n) is 8.37. The van der Waals surface area contributed by atoms with Crippen molar-refractivity contribution in [1.82, 2.24) is 0 Å². The van der Waals surface area contributed by atoms with E-state index in [1.54, 1.807) is 0 Å². The Balaban J connectivity index is 1.22. The van der Waals surface area contributed by atoms with Gasteiger partial charge in [-0.1, -0.05) is 84.9 Å². The summed E-state index contributed by atoms with van der Waals surface area (Å²) in [5, 5.41) is 0. The molecule has 0 spiro atoms. The van der Waals surface area contributed by atoms with E-state index in [4.69, 9.17) is 18.9 Å². The fourth-order valence-corrected chi connectivity index (χ4v) is 8.37. The van der Waals surface area contributed by atoms with Gasteiger partial charge in [-0.15, -0.1) is 0 Å². The molecule has 4 aliphatic rings. The second kappa shape index (κ2) is 11.2. The number of hydrogen-bond acceptors (Lipinski definition) is 6. The molecule has 11 rings (SSSR count). The average molecular weight is 675 g/mol. The van der Waals surface area contributed by atoms with Gasteiger partial charge < -0.3 is 28.7 Å². The van der Waals surface area contributed by atoms with Gasteiger partial charge in [-0.2, -0.15) is 0 Å². The van der Waals surface area contributed by atoms with Gasteiger partial charge >= 0.3 is 0 Å². The average Bonchev–Trinajstić information content (AvgIpc) is 3.87. The maximum atomic E-state index is 5.92. The maximum absolute atomic E-state index is 5.92. The lowest BCUT2D eigenvalue weighted by Crippen LogP contribution is -2.61. The van der Waals surface area contributed by atoms with Crippen molar-refractivity contribution < 1.29 is 18.9 Å². The highest BCUT2D eigenvalue weighted by molar-refractivity contribution is 7.00. The largest absolute Gasteiger partial charge is 0.454 e. The van der Waals surface area contributed by atoms with E-state index in [-0.39, 0.29) is 20.3 Å². The van der Waals surface area contributed by atoms with Gasteiger partial charge in [0.25, 0.3) is 6.71 Å². The number of benzene rings is 7. The summed E-state index contributed by atoms with van der Waals surface area (Å²) < 4.78 is 23.3. The highest BCUT2D eigenvalue weighted by Gasteiger charge is 2.44. The summed E-state index contributed by atoms with van der Waals surface area (Å²) in [6, 6.07) is 52.4. The van der Waals surface area contributed by atoms with Crippen molar-refractivity contribution in [3.05, 3.63) is 151 Å². The second-order valence-electron chi connectivity index (χ2n) is 13.7. The van der Waals surface area contributed by atoms with E-state index < -0.39 is 0 Å². The molecule has 0 fully saturated rings. The SMILES string of the molecule is Cc1cc2c3c(c1)N(c1ccc4c(c1)OCO4)c1ccc(-c4ccccc4)cc1B3c1cc(-c3ccccc3)ccc1N2c1ccc2c(c1)OCO2. The number of rotatable bonds is 4. The number of nitrogens with zero attached hydrogens (tertiary/aromatic N) is 2. The summed E-state index contributed by atoms with van der Waals surface area (Å²) in [6.07, 6.45) is 0. The molecule has 7 heteroatoms. The van der Waals surface area contributed by atoms with Crippen LogP contribution in [0.15, 0.2) is 146 Å². The first-order valence-electron chi connectivity index (χ1n) is 17.6. The van der Waals surface area contributed by atoms with Crippen LogP contribution in [-0.4, -0.2) is 20.3 Å². The van der Waals surface area contributed by atoms with E-state index in [2.05, 4.69) is 150 Å². The van der Waals surface area contributed by atoms with Crippen LogP contribution in [0.25, 0.3) is 22.3 Å². The molecule has 6 nitrogen and oxygen atoms in total. The van der Waals surface area contributed by atoms with Gasteiger partial charge in [-0.05, 0) is 99.7 Å². The fraction of sp³-hybridized carbons (Fsp3) is 0.0667. The molecule has 0 saturated heterocycles. The minimum atomic E-state index is -0.0431. The van der Waals surface area contributed by atoms with Crippen molar-refractivity contribution in [3.63, 3.8) is 0 Å². The van der Waals surface area contributed by atoms with Crippen molar-refractivity contribution in [3.8, 4) is 45.3 Å². The predicted octanol–water partition coefficient (Wildman–Crippen LogP) is 8.87. The molecule has 0 N–H and O–H groups in total. The molecule has 52 heavy (non-hydrogen) atoms. The lowest BCUT2D eigenvalue weighted by Gasteiger charge is -2.44. The van der Waals surface area contributed by atoms with E-state index in [0.717, 1.165) is 62.7 Å². The maximum Gasteiger partial charge on any atom is 0.252 e. The van der Waals surface area contributed by atoms with Crippen molar-refractivity contribution >= 4 is 57.2 Å². The standard InChI is InChI=1S/C45H31BN2O4/c1-28-20-39-45-40(21-28)48(34-15-19-42-44(25-34)52-27-50-42)38-17-13-32(30-10-6-3-7-11-30)23-36(38)46(45)35-22-31(29-8-4-2-5-9-29)12-16-37(35)47(39)33-14-18-41-43(24-33)51-26-49-41/h2-25H,26-27H2,1H3. The lowest BCUT2D eigenvalue weighted by atomic mass is 9.33. The van der Waals surface area contributed by atoms with Crippen LogP contribution >= 0.6 is 0 Å². The smallest absolute Gasteiger partial charge is 0.252 e. The summed E-state index contributed by atoms with van der Waals surface area (Å²) in [5.74, 6) is 3.04. The summed E-state index contributed by atoms with van der Waals surface area (Å²) in [5.41, 5.74) is 16.2. The van der Waals surface area contributed by atoms with Crippen molar-refractivity contribution in [2.75, 3.05) is 23.4 Å². The van der Waals surface area contributed by atoms with Gasteiger partial charge in [-0.25, -0.2) is 0 Å². The Morgan fingerprint density at radius 3 is 1.37 bits per heavy atom. The van der Waals surface area contributed by atoms with Crippen molar-refractivity contribution in [2.24, 2.45) is 0 Å². The minimum absolute atomic E-state index is 0.0431. The molecule has 0 saturated carbocycles. The van der Waals surface area contributed by atoms with Gasteiger partial charge in [0.05, 0.1) is 11.4 Å². The number of ether oxygens (including phenoxy) is 4. The second-order valence-corrected chi connectivity index (χ2v) is 13.7. The Morgan fingerprint density at radius 2 is 0.885 bits per heavy atom. The molecule has 0 unspecified atom stereocenters. The zero-order valence-electron chi connectivity index (χ0n) is 28.4. The van der Waals surface area contributed by atoms with Crippen molar-refractivity contribution in [1.29, 1.82) is 0 Å². The predicted molar refractivity (Wildman–Crippen MR) is 208 cm³/mol. The summed E-state index contributed by atoms with van der Waals surface area (Å²) in [6.45, 7) is 2.59. The quantitative estimate of drug-likeness (QED) is 0.174. The third-order valence-electron chi connectivity index (χ3n) is 10.7. The lowest BCUT2D eigenvalue weighted by molar-refractivity contribution is 0.173. The third-order valence-corrected chi connectivity index (χ3v) is 10.7. The summed E-state index contributed by atoms with van der Waals surface area (Å²) in [4.78, 5) is 4.80. The van der Waals surface area contributed by atoms with E-state index >= 15 is 0 Å². The Bertz CT molecular complexity index is 2400. The first-order chi connectivity index (χ1) is 25.7. The Hall–Kier alpha value is -6.60. The van der Waals surface area contributed by atoms with E-state index in [1.807, 2.05) is 12.1 Å². The molecule has 4 heterocycles. The van der Waals surface area contributed by atoms with Crippen LogP contribution in [0.5, 0.6) is 23.0 Å². The summed E-state index contributed by atoms with van der Waals surface area (Å²) in [7, 11) is 0. The normalized spacial score (nSPS) is 14.2. The van der Waals surface area contributed by atoms with Crippen LogP contribution in [0.2, 0.25) is 0 Å². The van der Waals surface area contributed by atoms with E-state index in [1.165, 1.54) is 38.6 Å². The molecule has 0 aliphatic carbocycles. The number of aryl methyl sites for hydroxylation is 1. The highest BCUT2D eigenvalue weighted by atomic mass is 16.7. The molecule has 7 aromatic rings. The van der Waals surface area contributed by atoms with E-state index in [0.29, 0.717) is 0 Å². The zero-order chi connectivity index (χ0) is 34.3. The molecule has 0 bridgehead atoms. The van der Waals surface area contributed by atoms with Crippen LogP contribution in [0.1, 0.15) is 5.56 Å².